The minimum Gasteiger partial charge on any atom is -0.309 e. The van der Waals surface area contributed by atoms with Crippen LogP contribution in [0.1, 0.15) is 0 Å². The van der Waals surface area contributed by atoms with E-state index in [1.165, 1.54) is 87.8 Å². The third-order valence-electron chi connectivity index (χ3n) is 9.44. The maximum atomic E-state index is 2.49. The standard InChI is InChI=1S/C42H26N2/c1-2-11-27(12-3-1)28-21-23-29(24-22-28)31-16-10-17-35-32-13-4-7-18-38(32)43(41(31)35)30-25-36-33-14-5-8-19-39(33)44-40-20-9-6-15-34(40)37(26-30)42(36)44/h1-26H. The minimum atomic E-state index is 1.19. The average molecular weight is 559 g/mol. The lowest BCUT2D eigenvalue weighted by Crippen LogP contribution is -1.96. The van der Waals surface area contributed by atoms with Crippen molar-refractivity contribution in [1.29, 1.82) is 0 Å². The van der Waals surface area contributed by atoms with Gasteiger partial charge in [0.2, 0.25) is 0 Å². The quantitative estimate of drug-likeness (QED) is 0.204. The summed E-state index contributed by atoms with van der Waals surface area (Å²) in [7, 11) is 0. The number of benzene rings is 7. The van der Waals surface area contributed by atoms with Gasteiger partial charge in [0.05, 0.1) is 27.6 Å². The Morgan fingerprint density at radius 2 is 0.818 bits per heavy atom. The molecule has 44 heavy (non-hydrogen) atoms. The summed E-state index contributed by atoms with van der Waals surface area (Å²) in [6.07, 6.45) is 0. The molecular formula is C42H26N2. The fraction of sp³-hybridized carbons (Fsp3) is 0. The van der Waals surface area contributed by atoms with E-state index in [9.17, 15) is 0 Å². The van der Waals surface area contributed by atoms with E-state index < -0.39 is 0 Å². The summed E-state index contributed by atoms with van der Waals surface area (Å²) in [5, 5.41) is 7.70. The summed E-state index contributed by atoms with van der Waals surface area (Å²) in [5.41, 5.74) is 12.4. The van der Waals surface area contributed by atoms with Crippen molar-refractivity contribution in [1.82, 2.24) is 8.97 Å². The Balaban J connectivity index is 1.31. The van der Waals surface area contributed by atoms with Crippen molar-refractivity contribution in [2.45, 2.75) is 0 Å². The number of hydrogen-bond donors (Lipinski definition) is 0. The van der Waals surface area contributed by atoms with Crippen LogP contribution in [0.3, 0.4) is 0 Å². The summed E-state index contributed by atoms with van der Waals surface area (Å²) in [5.74, 6) is 0. The van der Waals surface area contributed by atoms with Crippen LogP contribution in [0, 0.1) is 0 Å². The number of aromatic nitrogens is 2. The van der Waals surface area contributed by atoms with Gasteiger partial charge in [-0.25, -0.2) is 0 Å². The highest BCUT2D eigenvalue weighted by atomic mass is 15.0. The second-order valence-electron chi connectivity index (χ2n) is 11.8. The van der Waals surface area contributed by atoms with Crippen LogP contribution in [0.15, 0.2) is 158 Å². The molecule has 3 aromatic heterocycles. The summed E-state index contributed by atoms with van der Waals surface area (Å²) < 4.78 is 4.94. The molecule has 0 unspecified atom stereocenters. The van der Waals surface area contributed by atoms with Crippen molar-refractivity contribution in [3.05, 3.63) is 158 Å². The first-order valence-corrected chi connectivity index (χ1v) is 15.2. The minimum absolute atomic E-state index is 1.19. The lowest BCUT2D eigenvalue weighted by molar-refractivity contribution is 1.19. The number of nitrogens with zero attached hydrogens (tertiary/aromatic N) is 2. The van der Waals surface area contributed by atoms with Crippen molar-refractivity contribution in [3.63, 3.8) is 0 Å². The first-order valence-electron chi connectivity index (χ1n) is 15.2. The largest absolute Gasteiger partial charge is 0.309 e. The SMILES string of the molecule is c1ccc(-c2ccc(-c3cccc4c5ccccc5n(-c5cc6c7ccccc7n7c8ccccc8c(c5)c67)c34)cc2)cc1. The van der Waals surface area contributed by atoms with Gasteiger partial charge in [-0.05, 0) is 47.0 Å². The van der Waals surface area contributed by atoms with E-state index in [0.717, 1.165) is 0 Å². The molecule has 10 rings (SSSR count). The Hall–Kier alpha value is -5.86. The molecule has 0 atom stereocenters. The topological polar surface area (TPSA) is 9.34 Å². The van der Waals surface area contributed by atoms with E-state index in [0.29, 0.717) is 0 Å². The van der Waals surface area contributed by atoms with Crippen LogP contribution in [-0.2, 0) is 0 Å². The molecule has 0 fully saturated rings. The molecule has 10 aromatic rings. The molecule has 0 N–H and O–H groups in total. The Labute approximate surface area is 254 Å². The Kier molecular flexibility index (Phi) is 4.75. The van der Waals surface area contributed by atoms with Crippen LogP contribution >= 0.6 is 0 Å². The number of fused-ring (bicyclic) bond motifs is 9. The summed E-state index contributed by atoms with van der Waals surface area (Å²) in [6.45, 7) is 0. The molecule has 204 valence electrons. The number of rotatable bonds is 3. The highest BCUT2D eigenvalue weighted by Gasteiger charge is 2.21. The maximum absolute atomic E-state index is 2.49. The van der Waals surface area contributed by atoms with Gasteiger partial charge in [0.1, 0.15) is 0 Å². The zero-order valence-corrected chi connectivity index (χ0v) is 23.9. The molecule has 0 saturated heterocycles. The Morgan fingerprint density at radius 3 is 1.48 bits per heavy atom. The molecule has 0 spiro atoms. The zero-order valence-electron chi connectivity index (χ0n) is 23.9. The van der Waals surface area contributed by atoms with Gasteiger partial charge in [0.25, 0.3) is 0 Å². The van der Waals surface area contributed by atoms with Crippen LogP contribution in [0.2, 0.25) is 0 Å². The molecule has 2 heteroatoms. The molecule has 0 amide bonds. The van der Waals surface area contributed by atoms with Crippen molar-refractivity contribution in [2.24, 2.45) is 0 Å². The highest BCUT2D eigenvalue weighted by Crippen LogP contribution is 2.43. The number of hydrogen-bond acceptors (Lipinski definition) is 0. The number of para-hydroxylation sites is 4. The van der Waals surface area contributed by atoms with Gasteiger partial charge in [-0.2, -0.15) is 0 Å². The molecule has 7 aromatic carbocycles. The summed E-state index contributed by atoms with van der Waals surface area (Å²) in [6, 6.07) is 57.7. The highest BCUT2D eigenvalue weighted by molar-refractivity contribution is 6.24. The van der Waals surface area contributed by atoms with Crippen LogP contribution in [-0.4, -0.2) is 8.97 Å². The lowest BCUT2D eigenvalue weighted by atomic mass is 9.98. The smallest absolute Gasteiger partial charge is 0.0622 e. The first kappa shape index (κ1) is 23.7. The van der Waals surface area contributed by atoms with Crippen LogP contribution < -0.4 is 0 Å². The van der Waals surface area contributed by atoms with E-state index in [-0.39, 0.29) is 0 Å². The van der Waals surface area contributed by atoms with Crippen LogP contribution in [0.5, 0.6) is 0 Å². The Bertz CT molecular complexity index is 2610. The molecule has 0 aliphatic carbocycles. The molecule has 3 heterocycles. The average Bonchev–Trinajstić information content (AvgIpc) is 3.73. The third-order valence-corrected chi connectivity index (χ3v) is 9.44. The third kappa shape index (κ3) is 3.14. The zero-order chi connectivity index (χ0) is 28.8. The van der Waals surface area contributed by atoms with Gasteiger partial charge in [-0.15, -0.1) is 0 Å². The van der Waals surface area contributed by atoms with Crippen LogP contribution in [0.25, 0.3) is 87.8 Å². The molecule has 0 saturated carbocycles. The van der Waals surface area contributed by atoms with Gasteiger partial charge < -0.3 is 8.97 Å². The van der Waals surface area contributed by atoms with Crippen molar-refractivity contribution >= 4 is 59.9 Å². The van der Waals surface area contributed by atoms with Crippen molar-refractivity contribution < 1.29 is 0 Å². The molecule has 0 aliphatic rings. The molecule has 0 bridgehead atoms. The predicted octanol–water partition coefficient (Wildman–Crippen LogP) is 11.3. The summed E-state index contributed by atoms with van der Waals surface area (Å²) >= 11 is 0. The Morgan fingerprint density at radius 1 is 0.318 bits per heavy atom. The van der Waals surface area contributed by atoms with Gasteiger partial charge in [-0.1, -0.05) is 127 Å². The monoisotopic (exact) mass is 558 g/mol. The maximum Gasteiger partial charge on any atom is 0.0622 e. The fourth-order valence-corrected chi connectivity index (χ4v) is 7.56. The summed E-state index contributed by atoms with van der Waals surface area (Å²) in [4.78, 5) is 0. The molecule has 0 aliphatic heterocycles. The van der Waals surface area contributed by atoms with E-state index in [2.05, 4.69) is 167 Å². The van der Waals surface area contributed by atoms with Gasteiger partial charge in [0.15, 0.2) is 0 Å². The van der Waals surface area contributed by atoms with E-state index in [1.807, 2.05) is 0 Å². The van der Waals surface area contributed by atoms with Crippen LogP contribution in [0.4, 0.5) is 0 Å². The molecule has 0 radical (unpaired) electrons. The van der Waals surface area contributed by atoms with Crippen molar-refractivity contribution in [2.75, 3.05) is 0 Å². The second-order valence-corrected chi connectivity index (χ2v) is 11.8. The van der Waals surface area contributed by atoms with E-state index >= 15 is 0 Å². The van der Waals surface area contributed by atoms with E-state index in [1.54, 1.807) is 0 Å². The van der Waals surface area contributed by atoms with Gasteiger partial charge >= 0.3 is 0 Å². The van der Waals surface area contributed by atoms with Crippen molar-refractivity contribution in [3.8, 4) is 27.9 Å². The predicted molar refractivity (Wildman–Crippen MR) is 186 cm³/mol. The lowest BCUT2D eigenvalue weighted by Gasteiger charge is -2.13. The van der Waals surface area contributed by atoms with E-state index in [4.69, 9.17) is 0 Å². The first-order chi connectivity index (χ1) is 21.8. The normalized spacial score (nSPS) is 12.1. The fourth-order valence-electron chi connectivity index (χ4n) is 7.56. The molecular weight excluding hydrogens is 532 g/mol. The van der Waals surface area contributed by atoms with Gasteiger partial charge in [0, 0.05) is 43.6 Å². The second kappa shape index (κ2) is 8.82. The van der Waals surface area contributed by atoms with Gasteiger partial charge in [-0.3, -0.25) is 0 Å². The molecule has 2 nitrogen and oxygen atoms in total.